The maximum atomic E-state index is 14.1. The van der Waals surface area contributed by atoms with E-state index in [-0.39, 0.29) is 12.2 Å². The fourth-order valence-corrected chi connectivity index (χ4v) is 2.36. The third kappa shape index (κ3) is 3.61. The Morgan fingerprint density at radius 3 is 2.55 bits per heavy atom. The molecule has 7 heteroatoms. The Kier molecular flexibility index (Phi) is 5.84. The van der Waals surface area contributed by atoms with Crippen molar-refractivity contribution in [2.75, 3.05) is 20.8 Å². The first-order valence-corrected chi connectivity index (χ1v) is 6.83. The number of methoxy groups -OCH3 is 2. The molecule has 2 rings (SSSR count). The first-order chi connectivity index (χ1) is 10.6. The molecule has 1 fully saturated rings. The Hall–Kier alpha value is -1.54. The lowest BCUT2D eigenvalue weighted by Gasteiger charge is -2.40. The highest BCUT2D eigenvalue weighted by Gasteiger charge is 2.48. The molecule has 1 saturated heterocycles. The largest absolute Gasteiger partial charge is 0.450 e. The molecule has 5 atom stereocenters. The van der Waals surface area contributed by atoms with Crippen LogP contribution in [0.25, 0.3) is 0 Å². The van der Waals surface area contributed by atoms with E-state index in [0.29, 0.717) is 0 Å². The van der Waals surface area contributed by atoms with Crippen molar-refractivity contribution in [3.8, 4) is 0 Å². The second kappa shape index (κ2) is 7.64. The highest BCUT2D eigenvalue weighted by Crippen LogP contribution is 2.27. The molecule has 0 aromatic heterocycles. The summed E-state index contributed by atoms with van der Waals surface area (Å²) in [5.74, 6) is -0.740. The van der Waals surface area contributed by atoms with Crippen molar-refractivity contribution in [2.24, 2.45) is 0 Å². The molecule has 1 aromatic rings. The van der Waals surface area contributed by atoms with Crippen molar-refractivity contribution in [2.45, 2.75) is 30.8 Å². The van der Waals surface area contributed by atoms with Crippen molar-refractivity contribution < 1.29 is 33.2 Å². The maximum Gasteiger partial charge on any atom is 0.338 e. The second-order valence-electron chi connectivity index (χ2n) is 4.91. The number of carbonyl (C=O) groups is 1. The minimum atomic E-state index is -1.96. The summed E-state index contributed by atoms with van der Waals surface area (Å²) in [5, 5.41) is 10.2. The lowest BCUT2D eigenvalue weighted by atomic mass is 9.99. The highest BCUT2D eigenvalue weighted by atomic mass is 19.1. The number of aliphatic hydroxyl groups is 1. The smallest absolute Gasteiger partial charge is 0.338 e. The van der Waals surface area contributed by atoms with Crippen LogP contribution >= 0.6 is 0 Å². The van der Waals surface area contributed by atoms with E-state index < -0.39 is 36.7 Å². The predicted molar refractivity (Wildman–Crippen MR) is 74.1 cm³/mol. The number of rotatable bonds is 5. The van der Waals surface area contributed by atoms with E-state index in [9.17, 15) is 14.3 Å². The van der Waals surface area contributed by atoms with Gasteiger partial charge in [0.15, 0.2) is 6.10 Å². The van der Waals surface area contributed by atoms with Gasteiger partial charge in [0.05, 0.1) is 12.2 Å². The molecule has 0 saturated carbocycles. The maximum absolute atomic E-state index is 14.1. The SMILES string of the molecule is COC[C@H]1O[C@@H](F)[C@@H](OC(=O)c2ccccc2)[C@@H](O)[C@@H]1OC. The monoisotopic (exact) mass is 314 g/mol. The zero-order valence-electron chi connectivity index (χ0n) is 12.3. The molecule has 1 aromatic carbocycles. The summed E-state index contributed by atoms with van der Waals surface area (Å²) in [7, 11) is 2.78. The van der Waals surface area contributed by atoms with Crippen LogP contribution in [-0.4, -0.2) is 62.7 Å². The third-order valence-corrected chi connectivity index (χ3v) is 3.46. The molecule has 0 spiro atoms. The predicted octanol–water partition coefficient (Wildman–Crippen LogP) is 0.929. The van der Waals surface area contributed by atoms with Crippen LogP contribution in [0.1, 0.15) is 10.4 Å². The van der Waals surface area contributed by atoms with E-state index in [1.54, 1.807) is 18.2 Å². The number of aliphatic hydroxyl groups excluding tert-OH is 1. The Labute approximate surface area is 127 Å². The number of alkyl halides is 1. The molecule has 0 radical (unpaired) electrons. The summed E-state index contributed by atoms with van der Waals surface area (Å²) < 4.78 is 34.3. The molecule has 0 aliphatic carbocycles. The van der Waals surface area contributed by atoms with Gasteiger partial charge in [0.25, 0.3) is 0 Å². The average Bonchev–Trinajstić information content (AvgIpc) is 2.52. The Morgan fingerprint density at radius 2 is 1.95 bits per heavy atom. The van der Waals surface area contributed by atoms with E-state index >= 15 is 0 Å². The lowest BCUT2D eigenvalue weighted by Crippen LogP contribution is -2.59. The fourth-order valence-electron chi connectivity index (χ4n) is 2.36. The molecular formula is C15H19FO6. The van der Waals surface area contributed by atoms with Crippen LogP contribution in [0.4, 0.5) is 4.39 Å². The summed E-state index contributed by atoms with van der Waals surface area (Å²) in [6, 6.07) is 8.12. The van der Waals surface area contributed by atoms with Gasteiger partial charge in [-0.15, -0.1) is 0 Å². The van der Waals surface area contributed by atoms with Gasteiger partial charge in [0.1, 0.15) is 18.3 Å². The molecular weight excluding hydrogens is 295 g/mol. The van der Waals surface area contributed by atoms with Crippen molar-refractivity contribution in [3.63, 3.8) is 0 Å². The molecule has 1 heterocycles. The normalized spacial score (nSPS) is 31.7. The van der Waals surface area contributed by atoms with Gasteiger partial charge in [-0.3, -0.25) is 0 Å². The molecule has 0 bridgehead atoms. The number of benzene rings is 1. The van der Waals surface area contributed by atoms with Gasteiger partial charge in [-0.1, -0.05) is 18.2 Å². The van der Waals surface area contributed by atoms with Crippen LogP contribution in [0, 0.1) is 0 Å². The average molecular weight is 314 g/mol. The summed E-state index contributed by atoms with van der Waals surface area (Å²) >= 11 is 0. The van der Waals surface area contributed by atoms with Gasteiger partial charge in [-0.25, -0.2) is 9.18 Å². The minimum absolute atomic E-state index is 0.0509. The molecule has 22 heavy (non-hydrogen) atoms. The molecule has 0 amide bonds. The lowest BCUT2D eigenvalue weighted by molar-refractivity contribution is -0.268. The van der Waals surface area contributed by atoms with Gasteiger partial charge in [0.2, 0.25) is 6.36 Å². The van der Waals surface area contributed by atoms with Crippen molar-refractivity contribution in [1.29, 1.82) is 0 Å². The van der Waals surface area contributed by atoms with Crippen LogP contribution in [0.2, 0.25) is 0 Å². The molecule has 122 valence electrons. The zero-order valence-corrected chi connectivity index (χ0v) is 12.3. The summed E-state index contributed by atoms with van der Waals surface area (Å²) in [6.45, 7) is 0.0509. The van der Waals surface area contributed by atoms with E-state index in [4.69, 9.17) is 18.9 Å². The second-order valence-corrected chi connectivity index (χ2v) is 4.91. The standard InChI is InChI=1S/C15H19FO6/c1-19-8-10-12(20-2)11(17)13(14(16)21-10)22-15(18)9-6-4-3-5-7-9/h3-7,10-14,17H,8H2,1-2H3/t10-,11+,12-,13+,14-/m1/s1. The fraction of sp³-hybridized carbons (Fsp3) is 0.533. The number of ether oxygens (including phenoxy) is 4. The number of carbonyl (C=O) groups excluding carboxylic acids is 1. The summed E-state index contributed by atoms with van der Waals surface area (Å²) in [6.07, 6.45) is -6.44. The molecule has 1 N–H and O–H groups in total. The number of hydrogen-bond donors (Lipinski definition) is 1. The Bertz CT molecular complexity index is 482. The van der Waals surface area contributed by atoms with E-state index in [2.05, 4.69) is 0 Å². The van der Waals surface area contributed by atoms with Crippen molar-refractivity contribution >= 4 is 5.97 Å². The van der Waals surface area contributed by atoms with Crippen LogP contribution in [0.15, 0.2) is 30.3 Å². The quantitative estimate of drug-likeness (QED) is 0.815. The topological polar surface area (TPSA) is 74.2 Å². The number of esters is 1. The van der Waals surface area contributed by atoms with E-state index in [1.165, 1.54) is 26.4 Å². The Morgan fingerprint density at radius 1 is 1.27 bits per heavy atom. The first kappa shape index (κ1) is 16.8. The zero-order chi connectivity index (χ0) is 16.1. The summed E-state index contributed by atoms with van der Waals surface area (Å²) in [4.78, 5) is 12.0. The third-order valence-electron chi connectivity index (χ3n) is 3.46. The summed E-state index contributed by atoms with van der Waals surface area (Å²) in [5.41, 5.74) is 0.259. The Balaban J connectivity index is 2.08. The van der Waals surface area contributed by atoms with Crippen LogP contribution in [0.5, 0.6) is 0 Å². The number of halogens is 1. The van der Waals surface area contributed by atoms with Gasteiger partial charge >= 0.3 is 5.97 Å². The molecule has 6 nitrogen and oxygen atoms in total. The van der Waals surface area contributed by atoms with Gasteiger partial charge < -0.3 is 24.1 Å². The van der Waals surface area contributed by atoms with Crippen molar-refractivity contribution in [1.82, 2.24) is 0 Å². The first-order valence-electron chi connectivity index (χ1n) is 6.83. The van der Waals surface area contributed by atoms with E-state index in [1.807, 2.05) is 0 Å². The molecule has 1 aliphatic heterocycles. The molecule has 1 aliphatic rings. The van der Waals surface area contributed by atoms with Crippen LogP contribution in [0.3, 0.4) is 0 Å². The molecule has 0 unspecified atom stereocenters. The van der Waals surface area contributed by atoms with Crippen LogP contribution < -0.4 is 0 Å². The van der Waals surface area contributed by atoms with Crippen molar-refractivity contribution in [3.05, 3.63) is 35.9 Å². The highest BCUT2D eigenvalue weighted by molar-refractivity contribution is 5.89. The van der Waals surface area contributed by atoms with Gasteiger partial charge in [-0.05, 0) is 12.1 Å². The van der Waals surface area contributed by atoms with E-state index in [0.717, 1.165) is 0 Å². The van der Waals surface area contributed by atoms with Gasteiger partial charge in [0, 0.05) is 14.2 Å². The minimum Gasteiger partial charge on any atom is -0.450 e. The van der Waals surface area contributed by atoms with Gasteiger partial charge in [-0.2, -0.15) is 0 Å². The van der Waals surface area contributed by atoms with Crippen LogP contribution in [-0.2, 0) is 18.9 Å². The number of hydrogen-bond acceptors (Lipinski definition) is 6.